The summed E-state index contributed by atoms with van der Waals surface area (Å²) in [5.41, 5.74) is 4.54. The zero-order valence-corrected chi connectivity index (χ0v) is 11.1. The predicted molar refractivity (Wildman–Crippen MR) is 81.4 cm³/mol. The van der Waals surface area contributed by atoms with Gasteiger partial charge in [-0.1, -0.05) is 30.3 Å². The number of aromatic nitrogens is 1. The second-order valence-electron chi connectivity index (χ2n) is 4.74. The molecule has 0 atom stereocenters. The van der Waals surface area contributed by atoms with E-state index in [4.69, 9.17) is 5.26 Å². The van der Waals surface area contributed by atoms with E-state index in [1.807, 2.05) is 30.5 Å². The normalized spacial score (nSPS) is 10.3. The number of benzene rings is 2. The molecule has 0 aliphatic rings. The summed E-state index contributed by atoms with van der Waals surface area (Å²) in [5.74, 6) is 0. The van der Waals surface area contributed by atoms with Crippen LogP contribution in [-0.4, -0.2) is 4.98 Å². The fourth-order valence-corrected chi connectivity index (χ4v) is 2.33. The first-order chi connectivity index (χ1) is 9.86. The number of nitriles is 1. The van der Waals surface area contributed by atoms with Gasteiger partial charge in [-0.15, -0.1) is 0 Å². The molecule has 0 aliphatic carbocycles. The predicted octanol–water partition coefficient (Wildman–Crippen LogP) is 3.85. The molecule has 3 nitrogen and oxygen atoms in total. The Morgan fingerprint density at radius 3 is 2.70 bits per heavy atom. The van der Waals surface area contributed by atoms with Gasteiger partial charge in [-0.05, 0) is 34.7 Å². The van der Waals surface area contributed by atoms with Crippen molar-refractivity contribution in [3.63, 3.8) is 0 Å². The Morgan fingerprint density at radius 1 is 1.05 bits per heavy atom. The van der Waals surface area contributed by atoms with E-state index in [0.717, 1.165) is 17.8 Å². The molecule has 0 saturated carbocycles. The summed E-state index contributed by atoms with van der Waals surface area (Å²) in [6, 6.07) is 18.5. The molecule has 3 rings (SSSR count). The van der Waals surface area contributed by atoms with E-state index >= 15 is 0 Å². The highest BCUT2D eigenvalue weighted by molar-refractivity contribution is 5.82. The van der Waals surface area contributed by atoms with E-state index < -0.39 is 0 Å². The van der Waals surface area contributed by atoms with Crippen molar-refractivity contribution < 1.29 is 0 Å². The minimum absolute atomic E-state index is 0.460. The maximum absolute atomic E-state index is 8.65. The van der Waals surface area contributed by atoms with Crippen LogP contribution in [0.3, 0.4) is 0 Å². The molecule has 20 heavy (non-hydrogen) atoms. The van der Waals surface area contributed by atoms with Crippen molar-refractivity contribution >= 4 is 16.6 Å². The Morgan fingerprint density at radius 2 is 1.90 bits per heavy atom. The SMILES string of the molecule is N#CCc1ccc(NCc2cccc3cc[nH]c23)cc1. The van der Waals surface area contributed by atoms with Crippen molar-refractivity contribution in [2.45, 2.75) is 13.0 Å². The van der Waals surface area contributed by atoms with Crippen LogP contribution in [0.25, 0.3) is 10.9 Å². The summed E-state index contributed by atoms with van der Waals surface area (Å²) in [5, 5.41) is 13.3. The number of rotatable bonds is 4. The highest BCUT2D eigenvalue weighted by atomic mass is 14.9. The van der Waals surface area contributed by atoms with E-state index in [2.05, 4.69) is 40.6 Å². The van der Waals surface area contributed by atoms with Gasteiger partial charge >= 0.3 is 0 Å². The molecule has 0 saturated heterocycles. The van der Waals surface area contributed by atoms with Gasteiger partial charge in [-0.2, -0.15) is 5.26 Å². The third-order valence-electron chi connectivity index (χ3n) is 3.39. The average molecular weight is 261 g/mol. The third kappa shape index (κ3) is 2.50. The van der Waals surface area contributed by atoms with Gasteiger partial charge in [-0.25, -0.2) is 0 Å². The van der Waals surface area contributed by atoms with Crippen LogP contribution in [0.2, 0.25) is 0 Å². The van der Waals surface area contributed by atoms with Crippen molar-refractivity contribution in [3.05, 3.63) is 65.9 Å². The maximum atomic E-state index is 8.65. The van der Waals surface area contributed by atoms with Crippen LogP contribution in [0.5, 0.6) is 0 Å². The van der Waals surface area contributed by atoms with E-state index in [1.54, 1.807) is 0 Å². The van der Waals surface area contributed by atoms with E-state index in [9.17, 15) is 0 Å². The molecule has 2 aromatic carbocycles. The van der Waals surface area contributed by atoms with Crippen molar-refractivity contribution in [3.8, 4) is 6.07 Å². The van der Waals surface area contributed by atoms with Crippen molar-refractivity contribution in [1.82, 2.24) is 4.98 Å². The number of aromatic amines is 1. The Hall–Kier alpha value is -2.73. The van der Waals surface area contributed by atoms with E-state index in [-0.39, 0.29) is 0 Å². The summed E-state index contributed by atoms with van der Waals surface area (Å²) in [7, 11) is 0. The topological polar surface area (TPSA) is 51.6 Å². The number of nitrogens with zero attached hydrogens (tertiary/aromatic N) is 1. The van der Waals surface area contributed by atoms with Gasteiger partial charge in [-0.3, -0.25) is 0 Å². The molecule has 1 heterocycles. The fourth-order valence-electron chi connectivity index (χ4n) is 2.33. The summed E-state index contributed by atoms with van der Waals surface area (Å²) >= 11 is 0. The summed E-state index contributed by atoms with van der Waals surface area (Å²) < 4.78 is 0. The summed E-state index contributed by atoms with van der Waals surface area (Å²) in [6.45, 7) is 0.773. The van der Waals surface area contributed by atoms with Crippen LogP contribution in [0.1, 0.15) is 11.1 Å². The minimum atomic E-state index is 0.460. The van der Waals surface area contributed by atoms with E-state index in [1.165, 1.54) is 16.5 Å². The Kier molecular flexibility index (Phi) is 3.38. The largest absolute Gasteiger partial charge is 0.381 e. The van der Waals surface area contributed by atoms with Gasteiger partial charge in [0, 0.05) is 18.4 Å². The molecule has 0 amide bonds. The maximum Gasteiger partial charge on any atom is 0.0669 e. The molecule has 3 aromatic rings. The van der Waals surface area contributed by atoms with Gasteiger partial charge in [0.25, 0.3) is 0 Å². The van der Waals surface area contributed by atoms with Crippen molar-refractivity contribution in [2.24, 2.45) is 0 Å². The lowest BCUT2D eigenvalue weighted by Crippen LogP contribution is -2.00. The number of anilines is 1. The Balaban J connectivity index is 1.73. The van der Waals surface area contributed by atoms with Crippen LogP contribution >= 0.6 is 0 Å². The minimum Gasteiger partial charge on any atom is -0.381 e. The molecule has 2 N–H and O–H groups in total. The lowest BCUT2D eigenvalue weighted by Gasteiger charge is -2.08. The first-order valence-corrected chi connectivity index (χ1v) is 6.61. The standard InChI is InChI=1S/C17H15N3/c18-10-8-13-4-6-16(7-5-13)20-12-15-3-1-2-14-9-11-19-17(14)15/h1-7,9,11,19-20H,8,12H2. The number of para-hydroxylation sites is 1. The molecule has 0 spiro atoms. The average Bonchev–Trinajstić information content (AvgIpc) is 2.96. The first kappa shape index (κ1) is 12.3. The van der Waals surface area contributed by atoms with Gasteiger partial charge in [0.2, 0.25) is 0 Å². The molecular weight excluding hydrogens is 246 g/mol. The molecule has 0 fully saturated rings. The zero-order valence-electron chi connectivity index (χ0n) is 11.1. The molecule has 0 radical (unpaired) electrons. The second-order valence-corrected chi connectivity index (χ2v) is 4.74. The summed E-state index contributed by atoms with van der Waals surface area (Å²) in [4.78, 5) is 3.27. The zero-order chi connectivity index (χ0) is 13.8. The quantitative estimate of drug-likeness (QED) is 0.749. The van der Waals surface area contributed by atoms with Crippen LogP contribution in [0.4, 0.5) is 5.69 Å². The van der Waals surface area contributed by atoms with Crippen molar-refractivity contribution in [2.75, 3.05) is 5.32 Å². The molecule has 1 aromatic heterocycles. The second kappa shape index (κ2) is 5.50. The van der Waals surface area contributed by atoms with Crippen LogP contribution in [0, 0.1) is 11.3 Å². The lowest BCUT2D eigenvalue weighted by atomic mass is 10.1. The van der Waals surface area contributed by atoms with Gasteiger partial charge in [0.05, 0.1) is 18.0 Å². The monoisotopic (exact) mass is 261 g/mol. The van der Waals surface area contributed by atoms with Gasteiger partial charge in [0.15, 0.2) is 0 Å². The molecule has 98 valence electrons. The molecule has 0 aliphatic heterocycles. The van der Waals surface area contributed by atoms with Gasteiger partial charge in [0.1, 0.15) is 0 Å². The first-order valence-electron chi connectivity index (χ1n) is 6.61. The molecule has 3 heteroatoms. The van der Waals surface area contributed by atoms with Crippen LogP contribution in [0.15, 0.2) is 54.7 Å². The van der Waals surface area contributed by atoms with Gasteiger partial charge < -0.3 is 10.3 Å². The number of fused-ring (bicyclic) bond motifs is 1. The highest BCUT2D eigenvalue weighted by Crippen LogP contribution is 2.18. The Bertz CT molecular complexity index is 748. The van der Waals surface area contributed by atoms with E-state index in [0.29, 0.717) is 6.42 Å². The molecule has 0 bridgehead atoms. The highest BCUT2D eigenvalue weighted by Gasteiger charge is 2.01. The summed E-state index contributed by atoms with van der Waals surface area (Å²) in [6.07, 6.45) is 2.42. The number of nitrogens with one attached hydrogen (secondary N) is 2. The fraction of sp³-hybridized carbons (Fsp3) is 0.118. The smallest absolute Gasteiger partial charge is 0.0669 e. The number of hydrogen-bond donors (Lipinski definition) is 2. The number of H-pyrrole nitrogens is 1. The third-order valence-corrected chi connectivity index (χ3v) is 3.39. The van der Waals surface area contributed by atoms with Crippen LogP contribution in [-0.2, 0) is 13.0 Å². The molecular formula is C17H15N3. The Labute approximate surface area is 117 Å². The molecule has 0 unspecified atom stereocenters. The lowest BCUT2D eigenvalue weighted by molar-refractivity contribution is 1.15. The number of hydrogen-bond acceptors (Lipinski definition) is 2. The van der Waals surface area contributed by atoms with Crippen LogP contribution < -0.4 is 5.32 Å². The van der Waals surface area contributed by atoms with Crippen molar-refractivity contribution in [1.29, 1.82) is 5.26 Å².